The molecule has 3 unspecified atom stereocenters. The van der Waals surface area contributed by atoms with Crippen molar-refractivity contribution in [2.45, 2.75) is 98.8 Å². The highest BCUT2D eigenvalue weighted by Crippen LogP contribution is 2.30. The molecular weight excluding hydrogens is 506 g/mol. The summed E-state index contributed by atoms with van der Waals surface area (Å²) in [7, 11) is 0. The van der Waals surface area contributed by atoms with E-state index in [1.807, 2.05) is 45.0 Å². The minimum absolute atomic E-state index is 0.106. The van der Waals surface area contributed by atoms with E-state index in [4.69, 9.17) is 4.74 Å². The van der Waals surface area contributed by atoms with Crippen LogP contribution < -0.4 is 10.6 Å². The Bertz CT molecular complexity index is 1160. The molecule has 3 N–H and O–H groups in total. The molecule has 220 valence electrons. The third-order valence-corrected chi connectivity index (χ3v) is 6.94. The van der Waals surface area contributed by atoms with E-state index in [9.17, 15) is 19.5 Å². The molecule has 3 atom stereocenters. The van der Waals surface area contributed by atoms with Crippen LogP contribution in [0.2, 0.25) is 0 Å². The molecule has 0 heterocycles. The molecule has 0 fully saturated rings. The minimum atomic E-state index is -0.991. The van der Waals surface area contributed by atoms with E-state index < -0.39 is 23.8 Å². The van der Waals surface area contributed by atoms with Crippen molar-refractivity contribution in [1.82, 2.24) is 10.2 Å². The van der Waals surface area contributed by atoms with E-state index in [-0.39, 0.29) is 23.5 Å². The number of hydrogen-bond acceptors (Lipinski definition) is 5. The first-order valence-corrected chi connectivity index (χ1v) is 14.2. The van der Waals surface area contributed by atoms with E-state index in [2.05, 4.69) is 17.6 Å². The molecule has 3 amide bonds. The number of aromatic hydroxyl groups is 1. The number of alkyl carbamates (subject to hydrolysis) is 1. The highest BCUT2D eigenvalue weighted by molar-refractivity contribution is 5.99. The van der Waals surface area contributed by atoms with E-state index in [0.717, 1.165) is 18.4 Å². The first-order chi connectivity index (χ1) is 18.8. The summed E-state index contributed by atoms with van der Waals surface area (Å²) in [4.78, 5) is 42.8. The zero-order valence-corrected chi connectivity index (χ0v) is 25.3. The Labute approximate surface area is 239 Å². The highest BCUT2D eigenvalue weighted by atomic mass is 16.6. The van der Waals surface area contributed by atoms with Gasteiger partial charge in [-0.25, -0.2) is 4.79 Å². The molecule has 0 aliphatic carbocycles. The number of benzene rings is 2. The molecule has 0 bridgehead atoms. The van der Waals surface area contributed by atoms with Gasteiger partial charge in [0.1, 0.15) is 23.4 Å². The van der Waals surface area contributed by atoms with Crippen LogP contribution in [0.5, 0.6) is 5.75 Å². The lowest BCUT2D eigenvalue weighted by Gasteiger charge is -2.36. The number of nitrogens with zero attached hydrogens (tertiary/aromatic N) is 1. The molecule has 0 aliphatic rings. The number of carbonyl (C=O) groups excluding carboxylic acids is 3. The molecular formula is C32H47N3O5. The number of amides is 3. The summed E-state index contributed by atoms with van der Waals surface area (Å²) >= 11 is 0. The van der Waals surface area contributed by atoms with Gasteiger partial charge in [0, 0.05) is 12.2 Å². The van der Waals surface area contributed by atoms with Crippen LogP contribution in [0.15, 0.2) is 42.5 Å². The molecule has 0 radical (unpaired) electrons. The molecule has 2 aromatic carbocycles. The Balaban J connectivity index is 2.60. The Morgan fingerprint density at radius 2 is 1.68 bits per heavy atom. The van der Waals surface area contributed by atoms with Crippen molar-refractivity contribution >= 4 is 23.6 Å². The van der Waals surface area contributed by atoms with Crippen molar-refractivity contribution in [3.8, 4) is 5.75 Å². The minimum Gasteiger partial charge on any atom is -0.508 e. The number of carbonyl (C=O) groups is 3. The average molecular weight is 554 g/mol. The molecule has 8 heteroatoms. The Kier molecular flexibility index (Phi) is 12.0. The van der Waals surface area contributed by atoms with Crippen molar-refractivity contribution in [2.24, 2.45) is 5.92 Å². The lowest BCUT2D eigenvalue weighted by molar-refractivity contribution is -0.142. The number of phenols is 1. The summed E-state index contributed by atoms with van der Waals surface area (Å²) in [6.07, 6.45) is 2.45. The number of aryl methyl sites for hydroxylation is 2. The maximum absolute atomic E-state index is 14.4. The van der Waals surface area contributed by atoms with E-state index in [1.165, 1.54) is 0 Å². The fraction of sp³-hybridized carbons (Fsp3) is 0.531. The van der Waals surface area contributed by atoms with Crippen molar-refractivity contribution in [3.05, 3.63) is 59.2 Å². The molecule has 0 aliphatic heterocycles. The Morgan fingerprint density at radius 3 is 2.25 bits per heavy atom. The number of rotatable bonds is 12. The zero-order chi connectivity index (χ0) is 30.0. The number of hydrogen-bond donors (Lipinski definition) is 3. The number of anilines is 1. The van der Waals surface area contributed by atoms with Crippen LogP contribution in [0, 0.1) is 19.8 Å². The Hall–Kier alpha value is -3.55. The maximum Gasteiger partial charge on any atom is 0.408 e. The van der Waals surface area contributed by atoms with Gasteiger partial charge in [0.25, 0.3) is 5.91 Å². The van der Waals surface area contributed by atoms with Crippen LogP contribution in [-0.2, 0) is 14.3 Å². The monoisotopic (exact) mass is 553 g/mol. The lowest BCUT2D eigenvalue weighted by Crippen LogP contribution is -2.55. The smallest absolute Gasteiger partial charge is 0.408 e. The van der Waals surface area contributed by atoms with Crippen LogP contribution in [0.4, 0.5) is 10.5 Å². The highest BCUT2D eigenvalue weighted by Gasteiger charge is 2.38. The van der Waals surface area contributed by atoms with Gasteiger partial charge < -0.3 is 25.4 Å². The zero-order valence-electron chi connectivity index (χ0n) is 25.3. The second-order valence-corrected chi connectivity index (χ2v) is 11.5. The largest absolute Gasteiger partial charge is 0.508 e. The summed E-state index contributed by atoms with van der Waals surface area (Å²) in [5, 5.41) is 16.0. The second-order valence-electron chi connectivity index (χ2n) is 11.5. The number of unbranched alkanes of at least 4 members (excludes halogenated alkanes) is 2. The van der Waals surface area contributed by atoms with Gasteiger partial charge in [-0.15, -0.1) is 0 Å². The summed E-state index contributed by atoms with van der Waals surface area (Å²) in [6.45, 7) is 15.2. The van der Waals surface area contributed by atoms with Crippen LogP contribution in [0.3, 0.4) is 0 Å². The maximum atomic E-state index is 14.4. The summed E-state index contributed by atoms with van der Waals surface area (Å²) in [6, 6.07) is 10.5. The molecule has 0 spiro atoms. The molecule has 0 saturated heterocycles. The molecule has 0 aromatic heterocycles. The van der Waals surface area contributed by atoms with Gasteiger partial charge in [-0.3, -0.25) is 9.59 Å². The molecule has 2 aromatic rings. The summed E-state index contributed by atoms with van der Waals surface area (Å²) in [5.74, 6) is -0.832. The van der Waals surface area contributed by atoms with Gasteiger partial charge in [0.2, 0.25) is 5.91 Å². The van der Waals surface area contributed by atoms with Gasteiger partial charge in [0.05, 0.1) is 0 Å². The third kappa shape index (κ3) is 9.28. The third-order valence-electron chi connectivity index (χ3n) is 6.94. The molecule has 0 saturated carbocycles. The summed E-state index contributed by atoms with van der Waals surface area (Å²) in [5.41, 5.74) is 1.99. The standard InChI is InChI=1S/C32H47N3O5/c1-9-11-14-19-35(30(38)27(21(3)10-2)34-31(39)40-32(6,7)8)28(24-17-18-26(36)23(5)20-24)29(37)33-25-16-13-12-15-22(25)4/h12-13,15-18,20-21,27-28,36H,9-11,14,19H2,1-8H3,(H,33,37)(H,34,39). The van der Waals surface area contributed by atoms with Crippen LogP contribution in [0.25, 0.3) is 0 Å². The van der Waals surface area contributed by atoms with Crippen molar-refractivity contribution in [2.75, 3.05) is 11.9 Å². The molecule has 8 nitrogen and oxygen atoms in total. The number of phenolic OH excluding ortho intramolecular Hbond substituents is 1. The normalized spacial score (nSPS) is 13.6. The number of ether oxygens (including phenoxy) is 1. The predicted molar refractivity (Wildman–Crippen MR) is 159 cm³/mol. The van der Waals surface area contributed by atoms with Gasteiger partial charge in [0.15, 0.2) is 0 Å². The summed E-state index contributed by atoms with van der Waals surface area (Å²) < 4.78 is 5.48. The fourth-order valence-electron chi connectivity index (χ4n) is 4.43. The van der Waals surface area contributed by atoms with Crippen molar-refractivity contribution in [3.63, 3.8) is 0 Å². The topological polar surface area (TPSA) is 108 Å². The number of nitrogens with one attached hydrogen (secondary N) is 2. The van der Waals surface area contributed by atoms with E-state index in [1.54, 1.807) is 50.8 Å². The quantitative estimate of drug-likeness (QED) is 0.255. The van der Waals surface area contributed by atoms with Crippen molar-refractivity contribution in [1.29, 1.82) is 0 Å². The Morgan fingerprint density at radius 1 is 1.00 bits per heavy atom. The predicted octanol–water partition coefficient (Wildman–Crippen LogP) is 6.65. The second kappa shape index (κ2) is 14.7. The average Bonchev–Trinajstić information content (AvgIpc) is 2.88. The SMILES string of the molecule is CCCCCN(C(=O)C(NC(=O)OC(C)(C)C)C(C)CC)C(C(=O)Nc1ccccc1C)c1ccc(O)c(C)c1. The van der Waals surface area contributed by atoms with Crippen LogP contribution >= 0.6 is 0 Å². The molecule has 2 rings (SSSR count). The van der Waals surface area contributed by atoms with Crippen molar-refractivity contribution < 1.29 is 24.2 Å². The van der Waals surface area contributed by atoms with E-state index in [0.29, 0.717) is 36.2 Å². The van der Waals surface area contributed by atoms with Gasteiger partial charge >= 0.3 is 6.09 Å². The van der Waals surface area contributed by atoms with Gasteiger partial charge in [-0.1, -0.05) is 64.3 Å². The van der Waals surface area contributed by atoms with E-state index >= 15 is 0 Å². The fourth-order valence-corrected chi connectivity index (χ4v) is 4.43. The van der Waals surface area contributed by atoms with Crippen LogP contribution in [-0.4, -0.2) is 46.1 Å². The first-order valence-electron chi connectivity index (χ1n) is 14.2. The first kappa shape index (κ1) is 32.7. The van der Waals surface area contributed by atoms with Gasteiger partial charge in [-0.2, -0.15) is 0 Å². The number of para-hydroxylation sites is 1. The lowest BCUT2D eigenvalue weighted by atomic mass is 9.95. The molecule has 40 heavy (non-hydrogen) atoms. The van der Waals surface area contributed by atoms with Crippen LogP contribution in [0.1, 0.15) is 90.0 Å². The van der Waals surface area contributed by atoms with Gasteiger partial charge in [-0.05, 0) is 81.8 Å².